The molecule has 0 bridgehead atoms. The maximum atomic E-state index is 13.0. The summed E-state index contributed by atoms with van der Waals surface area (Å²) in [4.78, 5) is 14.8. The quantitative estimate of drug-likeness (QED) is 0.789. The minimum atomic E-state index is -1.25. The second-order valence-corrected chi connectivity index (χ2v) is 5.62. The van der Waals surface area contributed by atoms with Gasteiger partial charge >= 0.3 is 5.97 Å². The van der Waals surface area contributed by atoms with Crippen LogP contribution in [-0.4, -0.2) is 33.3 Å². The average molecular weight is 282 g/mol. The van der Waals surface area contributed by atoms with E-state index in [0.29, 0.717) is 18.8 Å². The molecule has 1 aromatic heterocycles. The molecule has 0 amide bonds. The van der Waals surface area contributed by atoms with Gasteiger partial charge in [0, 0.05) is 6.54 Å². The topological polar surface area (TPSA) is 82.5 Å². The van der Waals surface area contributed by atoms with Gasteiger partial charge in [-0.2, -0.15) is 0 Å². The highest BCUT2D eigenvalue weighted by molar-refractivity contribution is 5.93. The van der Waals surface area contributed by atoms with E-state index in [1.54, 1.807) is 0 Å². The minimum Gasteiger partial charge on any atom is -0.478 e. The number of halogens is 1. The predicted molar refractivity (Wildman–Crippen MR) is 72.2 cm³/mol. The van der Waals surface area contributed by atoms with Gasteiger partial charge in [0.1, 0.15) is 17.2 Å². The van der Waals surface area contributed by atoms with Crippen LogP contribution in [0.1, 0.15) is 43.0 Å². The summed E-state index contributed by atoms with van der Waals surface area (Å²) >= 11 is 0. The van der Waals surface area contributed by atoms with Crippen LogP contribution in [0.3, 0.4) is 0 Å². The summed E-state index contributed by atoms with van der Waals surface area (Å²) in [5, 5.41) is 22.3. The fraction of sp³-hybridized carbons (Fsp3) is 0.571. The summed E-state index contributed by atoms with van der Waals surface area (Å²) < 4.78 is 13.0. The molecule has 0 aromatic carbocycles. The van der Waals surface area contributed by atoms with Gasteiger partial charge in [-0.25, -0.2) is 14.2 Å². The van der Waals surface area contributed by atoms with Crippen LogP contribution in [0.2, 0.25) is 0 Å². The Hall–Kier alpha value is -1.69. The number of hydrogen-bond donors (Lipinski definition) is 3. The molecule has 0 aliphatic heterocycles. The molecule has 1 heterocycles. The van der Waals surface area contributed by atoms with Crippen molar-refractivity contribution in [2.75, 3.05) is 11.9 Å². The van der Waals surface area contributed by atoms with Gasteiger partial charge in [-0.3, -0.25) is 0 Å². The number of carboxylic acid groups (broad SMARTS) is 1. The lowest BCUT2D eigenvalue weighted by molar-refractivity contribution is 0.00490. The normalized spacial score (nSPS) is 26.2. The molecule has 2 rings (SSSR count). The molecular formula is C14H19FN2O3. The van der Waals surface area contributed by atoms with E-state index in [9.17, 15) is 14.3 Å². The fourth-order valence-electron chi connectivity index (χ4n) is 2.47. The van der Waals surface area contributed by atoms with Gasteiger partial charge in [-0.05, 0) is 37.7 Å². The predicted octanol–water partition coefficient (Wildman–Crippen LogP) is 2.27. The second kappa shape index (κ2) is 5.75. The molecule has 0 saturated heterocycles. The van der Waals surface area contributed by atoms with Crippen LogP contribution in [0.15, 0.2) is 12.3 Å². The number of anilines is 1. The van der Waals surface area contributed by atoms with Crippen molar-refractivity contribution in [3.63, 3.8) is 0 Å². The van der Waals surface area contributed by atoms with Crippen molar-refractivity contribution in [1.29, 1.82) is 0 Å². The lowest BCUT2D eigenvalue weighted by Gasteiger charge is -2.35. The van der Waals surface area contributed by atoms with Crippen molar-refractivity contribution in [2.45, 2.75) is 38.2 Å². The van der Waals surface area contributed by atoms with E-state index >= 15 is 0 Å². The van der Waals surface area contributed by atoms with Gasteiger partial charge < -0.3 is 15.5 Å². The molecule has 1 saturated carbocycles. The Morgan fingerprint density at radius 3 is 2.80 bits per heavy atom. The molecule has 0 radical (unpaired) electrons. The molecule has 0 atom stereocenters. The summed E-state index contributed by atoms with van der Waals surface area (Å²) in [6.07, 6.45) is 4.19. The van der Waals surface area contributed by atoms with Gasteiger partial charge in [-0.1, -0.05) is 6.92 Å². The van der Waals surface area contributed by atoms with Crippen molar-refractivity contribution < 1.29 is 19.4 Å². The summed E-state index contributed by atoms with van der Waals surface area (Å²) in [6, 6.07) is 0.921. The molecule has 3 N–H and O–H groups in total. The first-order valence-corrected chi connectivity index (χ1v) is 6.75. The number of pyridine rings is 1. The smallest absolute Gasteiger partial charge is 0.339 e. The van der Waals surface area contributed by atoms with E-state index < -0.39 is 17.4 Å². The van der Waals surface area contributed by atoms with Gasteiger partial charge in [0.25, 0.3) is 0 Å². The molecular weight excluding hydrogens is 263 g/mol. The Morgan fingerprint density at radius 2 is 2.20 bits per heavy atom. The average Bonchev–Trinajstić information content (AvgIpc) is 2.41. The number of carboxylic acids is 1. The molecule has 5 nitrogen and oxygen atoms in total. The SMILES string of the molecule is CC1CCC(O)(CNc2ncc(F)cc2C(=O)O)CC1. The van der Waals surface area contributed by atoms with Crippen LogP contribution >= 0.6 is 0 Å². The monoisotopic (exact) mass is 282 g/mol. The van der Waals surface area contributed by atoms with Crippen LogP contribution in [0.4, 0.5) is 10.2 Å². The third-order valence-corrected chi connectivity index (χ3v) is 3.87. The number of hydrogen-bond acceptors (Lipinski definition) is 4. The summed E-state index contributed by atoms with van der Waals surface area (Å²) in [5.74, 6) is -1.25. The van der Waals surface area contributed by atoms with E-state index in [4.69, 9.17) is 5.11 Å². The van der Waals surface area contributed by atoms with Crippen LogP contribution < -0.4 is 5.32 Å². The minimum absolute atomic E-state index is 0.0888. The van der Waals surface area contributed by atoms with Crippen molar-refractivity contribution in [3.8, 4) is 0 Å². The van der Waals surface area contributed by atoms with Gasteiger partial charge in [-0.15, -0.1) is 0 Å². The number of nitrogens with one attached hydrogen (secondary N) is 1. The molecule has 110 valence electrons. The number of aromatic carboxylic acids is 1. The largest absolute Gasteiger partial charge is 0.478 e. The third-order valence-electron chi connectivity index (χ3n) is 3.87. The number of nitrogens with zero attached hydrogens (tertiary/aromatic N) is 1. The highest BCUT2D eigenvalue weighted by Gasteiger charge is 2.32. The van der Waals surface area contributed by atoms with Crippen molar-refractivity contribution in [2.24, 2.45) is 5.92 Å². The Kier molecular flexibility index (Phi) is 4.23. The lowest BCUT2D eigenvalue weighted by Crippen LogP contribution is -2.40. The molecule has 1 aromatic rings. The van der Waals surface area contributed by atoms with Gasteiger partial charge in [0.05, 0.1) is 11.8 Å². The van der Waals surface area contributed by atoms with E-state index in [0.717, 1.165) is 25.1 Å². The standard InChI is InChI=1S/C14H19FN2O3/c1-9-2-4-14(20,5-3-9)8-17-12-11(13(18)19)6-10(15)7-16-12/h6-7,9,20H,2-5,8H2,1H3,(H,16,17)(H,18,19). The molecule has 1 aliphatic carbocycles. The van der Waals surface area contributed by atoms with E-state index in [1.807, 2.05) is 0 Å². The summed E-state index contributed by atoms with van der Waals surface area (Å²) in [6.45, 7) is 2.37. The van der Waals surface area contributed by atoms with E-state index in [1.165, 1.54) is 0 Å². The Balaban J connectivity index is 2.05. The van der Waals surface area contributed by atoms with Crippen LogP contribution in [0, 0.1) is 11.7 Å². The van der Waals surface area contributed by atoms with Crippen LogP contribution in [0.5, 0.6) is 0 Å². The van der Waals surface area contributed by atoms with Gasteiger partial charge in [0.15, 0.2) is 0 Å². The Morgan fingerprint density at radius 1 is 1.55 bits per heavy atom. The van der Waals surface area contributed by atoms with E-state index in [-0.39, 0.29) is 17.9 Å². The highest BCUT2D eigenvalue weighted by Crippen LogP contribution is 2.32. The van der Waals surface area contributed by atoms with Crippen molar-refractivity contribution >= 4 is 11.8 Å². The third kappa shape index (κ3) is 3.45. The van der Waals surface area contributed by atoms with Crippen molar-refractivity contribution in [3.05, 3.63) is 23.6 Å². The zero-order valence-electron chi connectivity index (χ0n) is 11.4. The summed E-state index contributed by atoms with van der Waals surface area (Å²) in [5.41, 5.74) is -1.07. The maximum absolute atomic E-state index is 13.0. The Labute approximate surface area is 116 Å². The molecule has 1 aliphatic rings. The first-order chi connectivity index (χ1) is 9.39. The maximum Gasteiger partial charge on any atom is 0.339 e. The fourth-order valence-corrected chi connectivity index (χ4v) is 2.47. The first kappa shape index (κ1) is 14.7. The number of aliphatic hydroxyl groups is 1. The van der Waals surface area contributed by atoms with Crippen LogP contribution in [0.25, 0.3) is 0 Å². The number of rotatable bonds is 4. The van der Waals surface area contributed by atoms with Crippen molar-refractivity contribution in [1.82, 2.24) is 4.98 Å². The zero-order chi connectivity index (χ0) is 14.8. The molecule has 0 spiro atoms. The lowest BCUT2D eigenvalue weighted by atomic mass is 9.79. The molecule has 6 heteroatoms. The number of aromatic nitrogens is 1. The molecule has 0 unspecified atom stereocenters. The highest BCUT2D eigenvalue weighted by atomic mass is 19.1. The molecule has 1 fully saturated rings. The zero-order valence-corrected chi connectivity index (χ0v) is 11.4. The first-order valence-electron chi connectivity index (χ1n) is 6.75. The second-order valence-electron chi connectivity index (χ2n) is 5.62. The van der Waals surface area contributed by atoms with Crippen LogP contribution in [-0.2, 0) is 0 Å². The number of carbonyl (C=O) groups is 1. The van der Waals surface area contributed by atoms with Gasteiger partial charge in [0.2, 0.25) is 0 Å². The molecule has 20 heavy (non-hydrogen) atoms. The van der Waals surface area contributed by atoms with E-state index in [2.05, 4.69) is 17.2 Å². The summed E-state index contributed by atoms with van der Waals surface area (Å²) in [7, 11) is 0. The Bertz CT molecular complexity index is 499.